The molecule has 2 aromatic rings. The Morgan fingerprint density at radius 1 is 1.09 bits per heavy atom. The maximum absolute atomic E-state index is 12.2. The van der Waals surface area contributed by atoms with Crippen LogP contribution in [0.3, 0.4) is 0 Å². The van der Waals surface area contributed by atoms with E-state index in [1.165, 1.54) is 0 Å². The predicted molar refractivity (Wildman–Crippen MR) is 92.2 cm³/mol. The molecule has 0 saturated carbocycles. The fourth-order valence-electron chi connectivity index (χ4n) is 2.03. The molecule has 0 aliphatic heterocycles. The summed E-state index contributed by atoms with van der Waals surface area (Å²) in [5.41, 5.74) is 1.56. The van der Waals surface area contributed by atoms with E-state index in [9.17, 15) is 4.79 Å². The number of ether oxygens (including phenoxy) is 2. The van der Waals surface area contributed by atoms with Crippen molar-refractivity contribution in [2.75, 3.05) is 25.1 Å². The average molecular weight is 334 g/mol. The van der Waals surface area contributed by atoms with Crippen LogP contribution < -0.4 is 10.1 Å². The summed E-state index contributed by atoms with van der Waals surface area (Å²) in [6.45, 7) is 3.55. The number of benzene rings is 2. The Kier molecular flexibility index (Phi) is 6.91. The third kappa shape index (κ3) is 5.93. The van der Waals surface area contributed by atoms with Crippen LogP contribution >= 0.6 is 11.6 Å². The zero-order chi connectivity index (χ0) is 16.5. The minimum Gasteiger partial charge on any atom is -0.489 e. The molecule has 0 atom stereocenters. The van der Waals surface area contributed by atoms with E-state index in [-0.39, 0.29) is 12.3 Å². The van der Waals surface area contributed by atoms with Gasteiger partial charge in [0.1, 0.15) is 12.4 Å². The first-order chi connectivity index (χ1) is 11.2. The molecule has 0 unspecified atom stereocenters. The maximum Gasteiger partial charge on any atom is 0.228 e. The predicted octanol–water partition coefficient (Wildman–Crippen LogP) is 3.94. The van der Waals surface area contributed by atoms with E-state index in [2.05, 4.69) is 5.32 Å². The number of carbonyl (C=O) groups is 1. The highest BCUT2D eigenvalue weighted by Gasteiger charge is 2.08. The van der Waals surface area contributed by atoms with Gasteiger partial charge in [-0.05, 0) is 36.8 Å². The fourth-order valence-corrected chi connectivity index (χ4v) is 2.16. The number of carbonyl (C=O) groups excluding carboxylic acids is 1. The number of nitrogens with one attached hydrogen (secondary N) is 1. The van der Waals surface area contributed by atoms with Gasteiger partial charge in [-0.25, -0.2) is 0 Å². The molecule has 0 saturated heterocycles. The second-order valence-electron chi connectivity index (χ2n) is 4.89. The molecular weight excluding hydrogens is 314 g/mol. The molecule has 0 spiro atoms. The Hall–Kier alpha value is -2.04. The number of halogens is 1. The minimum absolute atomic E-state index is 0.104. The van der Waals surface area contributed by atoms with Crippen molar-refractivity contribution < 1.29 is 14.3 Å². The molecule has 23 heavy (non-hydrogen) atoms. The molecule has 4 nitrogen and oxygen atoms in total. The van der Waals surface area contributed by atoms with Crippen molar-refractivity contribution in [3.63, 3.8) is 0 Å². The standard InChI is InChI=1S/C18H20ClNO3/c1-2-22-11-12-23-17-6-4-3-5-16(17)20-18(21)13-14-7-9-15(19)10-8-14/h3-10H,2,11-13H2,1H3,(H,20,21). The third-order valence-electron chi connectivity index (χ3n) is 3.13. The molecule has 1 N–H and O–H groups in total. The second kappa shape index (κ2) is 9.18. The molecule has 122 valence electrons. The summed E-state index contributed by atoms with van der Waals surface area (Å²) in [4.78, 5) is 12.2. The monoisotopic (exact) mass is 333 g/mol. The number of para-hydroxylation sites is 2. The molecule has 2 aromatic carbocycles. The normalized spacial score (nSPS) is 10.3. The van der Waals surface area contributed by atoms with Gasteiger partial charge in [-0.3, -0.25) is 4.79 Å². The number of hydrogen-bond donors (Lipinski definition) is 1. The van der Waals surface area contributed by atoms with Crippen LogP contribution in [0.5, 0.6) is 5.75 Å². The number of amides is 1. The first-order valence-corrected chi connectivity index (χ1v) is 7.90. The van der Waals surface area contributed by atoms with Crippen molar-refractivity contribution in [1.29, 1.82) is 0 Å². The van der Waals surface area contributed by atoms with Gasteiger partial charge in [-0.2, -0.15) is 0 Å². The molecule has 1 amide bonds. The highest BCUT2D eigenvalue weighted by molar-refractivity contribution is 6.30. The summed E-state index contributed by atoms with van der Waals surface area (Å²) in [6.07, 6.45) is 0.282. The summed E-state index contributed by atoms with van der Waals surface area (Å²) < 4.78 is 10.9. The van der Waals surface area contributed by atoms with Gasteiger partial charge < -0.3 is 14.8 Å². The molecule has 0 radical (unpaired) electrons. The highest BCUT2D eigenvalue weighted by Crippen LogP contribution is 2.24. The maximum atomic E-state index is 12.2. The van der Waals surface area contributed by atoms with Crippen molar-refractivity contribution >= 4 is 23.2 Å². The van der Waals surface area contributed by atoms with E-state index in [0.29, 0.717) is 36.3 Å². The van der Waals surface area contributed by atoms with E-state index < -0.39 is 0 Å². The van der Waals surface area contributed by atoms with Gasteiger partial charge >= 0.3 is 0 Å². The van der Waals surface area contributed by atoms with E-state index in [1.807, 2.05) is 43.3 Å². The van der Waals surface area contributed by atoms with Crippen LogP contribution in [-0.4, -0.2) is 25.7 Å². The summed E-state index contributed by atoms with van der Waals surface area (Å²) >= 11 is 5.84. The van der Waals surface area contributed by atoms with Gasteiger partial charge in [-0.1, -0.05) is 35.9 Å². The van der Waals surface area contributed by atoms with Crippen molar-refractivity contribution in [3.05, 3.63) is 59.1 Å². The molecule has 0 aliphatic rings. The highest BCUT2D eigenvalue weighted by atomic mass is 35.5. The Morgan fingerprint density at radius 3 is 2.57 bits per heavy atom. The van der Waals surface area contributed by atoms with E-state index in [4.69, 9.17) is 21.1 Å². The largest absolute Gasteiger partial charge is 0.489 e. The molecule has 0 fully saturated rings. The second-order valence-corrected chi connectivity index (χ2v) is 5.33. The van der Waals surface area contributed by atoms with Crippen molar-refractivity contribution in [2.24, 2.45) is 0 Å². The summed E-state index contributed by atoms with van der Waals surface area (Å²) in [5, 5.41) is 3.53. The van der Waals surface area contributed by atoms with Crippen LogP contribution in [0.2, 0.25) is 5.02 Å². The Morgan fingerprint density at radius 2 is 1.83 bits per heavy atom. The van der Waals surface area contributed by atoms with Gasteiger partial charge in [0.25, 0.3) is 0 Å². The number of anilines is 1. The molecular formula is C18H20ClNO3. The van der Waals surface area contributed by atoms with Gasteiger partial charge in [-0.15, -0.1) is 0 Å². The zero-order valence-electron chi connectivity index (χ0n) is 13.0. The van der Waals surface area contributed by atoms with Crippen molar-refractivity contribution in [2.45, 2.75) is 13.3 Å². The molecule has 0 aliphatic carbocycles. The lowest BCUT2D eigenvalue weighted by atomic mass is 10.1. The van der Waals surface area contributed by atoms with Crippen LogP contribution in [0.15, 0.2) is 48.5 Å². The lowest BCUT2D eigenvalue weighted by Crippen LogP contribution is -2.15. The van der Waals surface area contributed by atoms with Gasteiger partial charge in [0, 0.05) is 11.6 Å². The Bertz CT molecular complexity index is 628. The average Bonchev–Trinajstić information content (AvgIpc) is 2.55. The van der Waals surface area contributed by atoms with E-state index in [0.717, 1.165) is 5.56 Å². The Balaban J connectivity index is 1.93. The zero-order valence-corrected chi connectivity index (χ0v) is 13.8. The topological polar surface area (TPSA) is 47.6 Å². The van der Waals surface area contributed by atoms with E-state index >= 15 is 0 Å². The molecule has 5 heteroatoms. The number of hydrogen-bond acceptors (Lipinski definition) is 3. The van der Waals surface area contributed by atoms with Crippen LogP contribution in [0.25, 0.3) is 0 Å². The first kappa shape index (κ1) is 17.3. The minimum atomic E-state index is -0.104. The van der Waals surface area contributed by atoms with Gasteiger partial charge in [0.05, 0.1) is 18.7 Å². The summed E-state index contributed by atoms with van der Waals surface area (Å²) in [5.74, 6) is 0.532. The molecule has 0 aromatic heterocycles. The first-order valence-electron chi connectivity index (χ1n) is 7.53. The quantitative estimate of drug-likeness (QED) is 0.744. The van der Waals surface area contributed by atoms with Crippen molar-refractivity contribution in [3.8, 4) is 5.75 Å². The van der Waals surface area contributed by atoms with Crippen LogP contribution in [0.1, 0.15) is 12.5 Å². The number of rotatable bonds is 8. The van der Waals surface area contributed by atoms with Gasteiger partial charge in [0.15, 0.2) is 0 Å². The lowest BCUT2D eigenvalue weighted by molar-refractivity contribution is -0.115. The fraction of sp³-hybridized carbons (Fsp3) is 0.278. The molecule has 0 heterocycles. The Labute approximate surface area is 141 Å². The van der Waals surface area contributed by atoms with Crippen molar-refractivity contribution in [1.82, 2.24) is 0 Å². The lowest BCUT2D eigenvalue weighted by Gasteiger charge is -2.12. The SMILES string of the molecule is CCOCCOc1ccccc1NC(=O)Cc1ccc(Cl)cc1. The van der Waals surface area contributed by atoms with Crippen LogP contribution in [-0.2, 0) is 16.0 Å². The molecule has 0 bridgehead atoms. The van der Waals surface area contributed by atoms with Crippen LogP contribution in [0, 0.1) is 0 Å². The molecule has 2 rings (SSSR count). The van der Waals surface area contributed by atoms with E-state index in [1.54, 1.807) is 12.1 Å². The van der Waals surface area contributed by atoms with Gasteiger partial charge in [0.2, 0.25) is 5.91 Å². The summed E-state index contributed by atoms with van der Waals surface area (Å²) in [6, 6.07) is 14.6. The third-order valence-corrected chi connectivity index (χ3v) is 3.38. The smallest absolute Gasteiger partial charge is 0.228 e. The summed E-state index contributed by atoms with van der Waals surface area (Å²) in [7, 11) is 0. The van der Waals surface area contributed by atoms with Crippen LogP contribution in [0.4, 0.5) is 5.69 Å².